The Labute approximate surface area is 131 Å². The van der Waals surface area contributed by atoms with Gasteiger partial charge in [0.1, 0.15) is 0 Å². The first-order valence-corrected chi connectivity index (χ1v) is 8.04. The van der Waals surface area contributed by atoms with Gasteiger partial charge in [-0.2, -0.15) is 0 Å². The Kier molecular flexibility index (Phi) is 4.73. The van der Waals surface area contributed by atoms with Crippen LogP contribution in [0.15, 0.2) is 30.3 Å². The number of hydrogen-bond donors (Lipinski definition) is 1. The third-order valence-corrected chi connectivity index (χ3v) is 4.31. The van der Waals surface area contributed by atoms with Crippen LogP contribution >= 0.6 is 0 Å². The molecule has 0 aromatic heterocycles. The Bertz CT molecular complexity index is 520. The lowest BCUT2D eigenvalue weighted by Crippen LogP contribution is -2.51. The Hall–Kier alpha value is -1.88. The molecule has 3 rings (SSSR count). The van der Waals surface area contributed by atoms with Crippen LogP contribution < -0.4 is 5.32 Å². The topological polar surface area (TPSA) is 52.7 Å². The van der Waals surface area contributed by atoms with Crippen LogP contribution in [-0.2, 0) is 16.1 Å². The van der Waals surface area contributed by atoms with Gasteiger partial charge in [-0.1, -0.05) is 30.3 Å². The van der Waals surface area contributed by atoms with Crippen molar-refractivity contribution in [3.05, 3.63) is 35.9 Å². The summed E-state index contributed by atoms with van der Waals surface area (Å²) in [5, 5.41) is 2.95. The third kappa shape index (κ3) is 4.07. The fourth-order valence-electron chi connectivity index (χ4n) is 2.77. The highest BCUT2D eigenvalue weighted by Crippen LogP contribution is 2.31. The summed E-state index contributed by atoms with van der Waals surface area (Å²) in [5.41, 5.74) is 1.11. The molecule has 5 nitrogen and oxygen atoms in total. The largest absolute Gasteiger partial charge is 0.351 e. The highest BCUT2D eigenvalue weighted by Gasteiger charge is 2.34. The molecule has 5 heteroatoms. The molecule has 0 atom stereocenters. The van der Waals surface area contributed by atoms with Crippen molar-refractivity contribution in [1.82, 2.24) is 15.1 Å². The van der Waals surface area contributed by atoms with Crippen LogP contribution in [0.4, 0.5) is 0 Å². The monoisotopic (exact) mass is 301 g/mol. The molecule has 0 bridgehead atoms. The first-order chi connectivity index (χ1) is 10.7. The van der Waals surface area contributed by atoms with Gasteiger partial charge in [0.05, 0.1) is 6.54 Å². The van der Waals surface area contributed by atoms with E-state index >= 15 is 0 Å². The van der Waals surface area contributed by atoms with E-state index in [1.807, 2.05) is 35.2 Å². The number of amides is 2. The molecule has 1 aromatic rings. The van der Waals surface area contributed by atoms with E-state index in [0.717, 1.165) is 44.6 Å². The SMILES string of the molecule is O=C(CN1CCN(C(=O)C2CC2)CC1)NCc1ccccc1. The number of benzene rings is 1. The molecular formula is C17H23N3O2. The van der Waals surface area contributed by atoms with E-state index < -0.39 is 0 Å². The fraction of sp³-hybridized carbons (Fsp3) is 0.529. The minimum atomic E-state index is 0.0471. The van der Waals surface area contributed by atoms with Crippen LogP contribution in [0.1, 0.15) is 18.4 Å². The van der Waals surface area contributed by atoms with Crippen LogP contribution in [-0.4, -0.2) is 54.3 Å². The van der Waals surface area contributed by atoms with Crippen molar-refractivity contribution in [3.8, 4) is 0 Å². The van der Waals surface area contributed by atoms with Gasteiger partial charge in [0.25, 0.3) is 0 Å². The molecule has 1 aliphatic carbocycles. The molecule has 0 radical (unpaired) electrons. The number of carbonyl (C=O) groups excluding carboxylic acids is 2. The summed E-state index contributed by atoms with van der Waals surface area (Å²) in [6.45, 7) is 4.06. The Balaban J connectivity index is 1.37. The highest BCUT2D eigenvalue weighted by atomic mass is 16.2. The third-order valence-electron chi connectivity index (χ3n) is 4.31. The van der Waals surface area contributed by atoms with Crippen molar-refractivity contribution < 1.29 is 9.59 Å². The lowest BCUT2D eigenvalue weighted by atomic mass is 10.2. The van der Waals surface area contributed by atoms with E-state index in [9.17, 15) is 9.59 Å². The average molecular weight is 301 g/mol. The second-order valence-corrected chi connectivity index (χ2v) is 6.14. The van der Waals surface area contributed by atoms with Crippen LogP contribution in [0.25, 0.3) is 0 Å². The standard InChI is InChI=1S/C17H23N3O2/c21-16(18-12-14-4-2-1-3-5-14)13-19-8-10-20(11-9-19)17(22)15-6-7-15/h1-5,15H,6-13H2,(H,18,21). The van der Waals surface area contributed by atoms with Crippen molar-refractivity contribution in [2.24, 2.45) is 5.92 Å². The van der Waals surface area contributed by atoms with Crippen molar-refractivity contribution in [3.63, 3.8) is 0 Å². The van der Waals surface area contributed by atoms with E-state index in [1.54, 1.807) is 0 Å². The molecule has 0 unspecified atom stereocenters. The van der Waals surface area contributed by atoms with Gasteiger partial charge in [-0.25, -0.2) is 0 Å². The van der Waals surface area contributed by atoms with Crippen LogP contribution in [0.2, 0.25) is 0 Å². The van der Waals surface area contributed by atoms with Crippen LogP contribution in [0.5, 0.6) is 0 Å². The molecule has 1 saturated carbocycles. The molecule has 2 aliphatic rings. The summed E-state index contributed by atoms with van der Waals surface area (Å²) in [6, 6.07) is 9.91. The number of rotatable bonds is 5. The van der Waals surface area contributed by atoms with Crippen molar-refractivity contribution in [1.29, 1.82) is 0 Å². The zero-order valence-electron chi connectivity index (χ0n) is 12.8. The van der Waals surface area contributed by atoms with E-state index in [2.05, 4.69) is 10.2 Å². The van der Waals surface area contributed by atoms with Crippen molar-refractivity contribution >= 4 is 11.8 Å². The van der Waals surface area contributed by atoms with Crippen LogP contribution in [0.3, 0.4) is 0 Å². The van der Waals surface area contributed by atoms with Gasteiger partial charge in [0, 0.05) is 38.6 Å². The Morgan fingerprint density at radius 2 is 1.73 bits per heavy atom. The van der Waals surface area contributed by atoms with Gasteiger partial charge in [-0.05, 0) is 18.4 Å². The molecule has 118 valence electrons. The predicted octanol–water partition coefficient (Wildman–Crippen LogP) is 0.857. The number of carbonyl (C=O) groups is 2. The number of nitrogens with one attached hydrogen (secondary N) is 1. The smallest absolute Gasteiger partial charge is 0.234 e. The molecule has 2 fully saturated rings. The fourth-order valence-corrected chi connectivity index (χ4v) is 2.77. The Morgan fingerprint density at radius 3 is 2.36 bits per heavy atom. The van der Waals surface area contributed by atoms with E-state index in [1.165, 1.54) is 0 Å². The molecule has 1 heterocycles. The zero-order valence-corrected chi connectivity index (χ0v) is 12.8. The minimum absolute atomic E-state index is 0.0471. The maximum absolute atomic E-state index is 12.0. The Morgan fingerprint density at radius 1 is 1.05 bits per heavy atom. The lowest BCUT2D eigenvalue weighted by Gasteiger charge is -2.34. The quantitative estimate of drug-likeness (QED) is 0.877. The second kappa shape index (κ2) is 6.92. The van der Waals surface area contributed by atoms with E-state index in [-0.39, 0.29) is 5.91 Å². The zero-order chi connectivity index (χ0) is 15.4. The maximum atomic E-state index is 12.0. The molecule has 2 amide bonds. The summed E-state index contributed by atoms with van der Waals surface area (Å²) in [6.07, 6.45) is 2.11. The molecule has 1 aliphatic heterocycles. The molecule has 1 saturated heterocycles. The van der Waals surface area contributed by atoms with Crippen molar-refractivity contribution in [2.45, 2.75) is 19.4 Å². The van der Waals surface area contributed by atoms with Gasteiger partial charge in [-0.3, -0.25) is 14.5 Å². The first-order valence-electron chi connectivity index (χ1n) is 8.04. The summed E-state index contributed by atoms with van der Waals surface area (Å²) in [4.78, 5) is 28.0. The van der Waals surface area contributed by atoms with Gasteiger partial charge in [0.15, 0.2) is 0 Å². The van der Waals surface area contributed by atoms with Crippen molar-refractivity contribution in [2.75, 3.05) is 32.7 Å². The number of nitrogens with zero attached hydrogens (tertiary/aromatic N) is 2. The minimum Gasteiger partial charge on any atom is -0.351 e. The van der Waals surface area contributed by atoms with Gasteiger partial charge in [-0.15, -0.1) is 0 Å². The van der Waals surface area contributed by atoms with Gasteiger partial charge in [0.2, 0.25) is 11.8 Å². The lowest BCUT2D eigenvalue weighted by molar-refractivity contribution is -0.134. The summed E-state index contributed by atoms with van der Waals surface area (Å²) >= 11 is 0. The average Bonchev–Trinajstić information content (AvgIpc) is 3.39. The molecule has 22 heavy (non-hydrogen) atoms. The highest BCUT2D eigenvalue weighted by molar-refractivity contribution is 5.81. The molecule has 1 aromatic carbocycles. The predicted molar refractivity (Wildman–Crippen MR) is 84.0 cm³/mol. The molecule has 1 N–H and O–H groups in total. The maximum Gasteiger partial charge on any atom is 0.234 e. The van der Waals surface area contributed by atoms with Crippen LogP contribution in [0, 0.1) is 5.92 Å². The number of piperazine rings is 1. The van der Waals surface area contributed by atoms with Gasteiger partial charge < -0.3 is 10.2 Å². The summed E-state index contributed by atoms with van der Waals surface area (Å²) in [7, 11) is 0. The molecular weight excluding hydrogens is 278 g/mol. The second-order valence-electron chi connectivity index (χ2n) is 6.14. The number of hydrogen-bond acceptors (Lipinski definition) is 3. The first kappa shape index (κ1) is 15.0. The normalized spacial score (nSPS) is 19.0. The van der Waals surface area contributed by atoms with Gasteiger partial charge >= 0.3 is 0 Å². The summed E-state index contributed by atoms with van der Waals surface area (Å²) in [5.74, 6) is 0.653. The van der Waals surface area contributed by atoms with E-state index in [4.69, 9.17) is 0 Å². The molecule has 0 spiro atoms. The summed E-state index contributed by atoms with van der Waals surface area (Å²) < 4.78 is 0. The van der Waals surface area contributed by atoms with E-state index in [0.29, 0.717) is 24.9 Å².